The van der Waals surface area contributed by atoms with Gasteiger partial charge in [0.2, 0.25) is 0 Å². The van der Waals surface area contributed by atoms with Crippen LogP contribution in [0.25, 0.3) is 11.4 Å². The molecule has 0 aliphatic rings. The van der Waals surface area contributed by atoms with E-state index in [0.717, 1.165) is 10.5 Å². The molecular formula is C17H12N2OS. The van der Waals surface area contributed by atoms with Crippen LogP contribution in [0.4, 0.5) is 0 Å². The monoisotopic (exact) mass is 292 g/mol. The van der Waals surface area contributed by atoms with E-state index in [9.17, 15) is 4.79 Å². The molecule has 21 heavy (non-hydrogen) atoms. The van der Waals surface area contributed by atoms with Crippen LogP contribution in [0, 0.1) is 0 Å². The SMILES string of the molecule is O=C(c1ccc(S)cc1)c1cccc(-c2ncccn2)c1. The van der Waals surface area contributed by atoms with Crippen LogP contribution in [-0.2, 0) is 0 Å². The van der Waals surface area contributed by atoms with Gasteiger partial charge in [-0.15, -0.1) is 12.6 Å². The molecule has 0 radical (unpaired) electrons. The van der Waals surface area contributed by atoms with Crippen molar-refractivity contribution in [3.63, 3.8) is 0 Å². The van der Waals surface area contributed by atoms with Crippen molar-refractivity contribution >= 4 is 18.4 Å². The first-order valence-corrected chi connectivity index (χ1v) is 6.90. The maximum Gasteiger partial charge on any atom is 0.193 e. The van der Waals surface area contributed by atoms with E-state index in [4.69, 9.17) is 0 Å². The molecule has 1 heterocycles. The highest BCUT2D eigenvalue weighted by molar-refractivity contribution is 7.80. The van der Waals surface area contributed by atoms with Crippen molar-refractivity contribution in [3.8, 4) is 11.4 Å². The summed E-state index contributed by atoms with van der Waals surface area (Å²) in [4.78, 5) is 21.7. The number of benzene rings is 2. The molecule has 0 saturated heterocycles. The Bertz CT molecular complexity index is 770. The minimum absolute atomic E-state index is 0.0267. The van der Waals surface area contributed by atoms with Crippen molar-refractivity contribution in [2.45, 2.75) is 4.90 Å². The molecule has 0 fully saturated rings. The van der Waals surface area contributed by atoms with Crippen LogP contribution in [-0.4, -0.2) is 15.8 Å². The Morgan fingerprint density at radius 1 is 0.857 bits per heavy atom. The summed E-state index contributed by atoms with van der Waals surface area (Å²) < 4.78 is 0. The van der Waals surface area contributed by atoms with Gasteiger partial charge in [0.05, 0.1) is 0 Å². The van der Waals surface area contributed by atoms with Gasteiger partial charge >= 0.3 is 0 Å². The molecule has 0 amide bonds. The zero-order valence-electron chi connectivity index (χ0n) is 11.1. The first kappa shape index (κ1) is 13.5. The first-order valence-electron chi connectivity index (χ1n) is 6.45. The number of hydrogen-bond acceptors (Lipinski definition) is 4. The van der Waals surface area contributed by atoms with Crippen molar-refractivity contribution in [2.24, 2.45) is 0 Å². The van der Waals surface area contributed by atoms with E-state index in [1.807, 2.05) is 18.2 Å². The van der Waals surface area contributed by atoms with Gasteiger partial charge in [-0.25, -0.2) is 9.97 Å². The molecule has 1 aromatic heterocycles. The van der Waals surface area contributed by atoms with E-state index >= 15 is 0 Å². The molecule has 0 N–H and O–H groups in total. The number of hydrogen-bond donors (Lipinski definition) is 1. The number of thiol groups is 1. The maximum atomic E-state index is 12.5. The molecule has 2 aromatic carbocycles. The molecule has 0 saturated carbocycles. The predicted molar refractivity (Wildman–Crippen MR) is 84.6 cm³/mol. The number of carbonyl (C=O) groups excluding carboxylic acids is 1. The Hall–Kier alpha value is -2.46. The highest BCUT2D eigenvalue weighted by Crippen LogP contribution is 2.18. The standard InChI is InChI=1S/C17H12N2OS/c20-16(12-5-7-15(21)8-6-12)13-3-1-4-14(11-13)17-18-9-2-10-19-17/h1-11,21H. The molecule has 3 aromatic rings. The number of rotatable bonds is 3. The van der Waals surface area contributed by atoms with E-state index in [0.29, 0.717) is 17.0 Å². The Morgan fingerprint density at radius 3 is 2.29 bits per heavy atom. The van der Waals surface area contributed by atoms with Gasteiger partial charge in [0.25, 0.3) is 0 Å². The van der Waals surface area contributed by atoms with Crippen LogP contribution in [0.2, 0.25) is 0 Å². The van der Waals surface area contributed by atoms with Gasteiger partial charge in [-0.2, -0.15) is 0 Å². The van der Waals surface area contributed by atoms with Crippen molar-refractivity contribution in [2.75, 3.05) is 0 Å². The molecule has 3 rings (SSSR count). The van der Waals surface area contributed by atoms with Crippen molar-refractivity contribution in [1.82, 2.24) is 9.97 Å². The Balaban J connectivity index is 1.96. The molecule has 0 bridgehead atoms. The second-order valence-electron chi connectivity index (χ2n) is 4.53. The van der Waals surface area contributed by atoms with Gasteiger partial charge < -0.3 is 0 Å². The smallest absolute Gasteiger partial charge is 0.193 e. The molecule has 0 aliphatic heterocycles. The average Bonchev–Trinajstić information content (AvgIpc) is 2.56. The lowest BCUT2D eigenvalue weighted by Gasteiger charge is -2.04. The van der Waals surface area contributed by atoms with E-state index in [1.54, 1.807) is 48.8 Å². The topological polar surface area (TPSA) is 42.9 Å². The molecule has 102 valence electrons. The summed E-state index contributed by atoms with van der Waals surface area (Å²) in [5.41, 5.74) is 2.08. The molecule has 3 nitrogen and oxygen atoms in total. The third kappa shape index (κ3) is 3.01. The van der Waals surface area contributed by atoms with Gasteiger partial charge in [-0.1, -0.05) is 18.2 Å². The van der Waals surface area contributed by atoms with Crippen LogP contribution in [0.5, 0.6) is 0 Å². The van der Waals surface area contributed by atoms with Gasteiger partial charge in [0, 0.05) is 34.0 Å². The summed E-state index contributed by atoms with van der Waals surface area (Å²) >= 11 is 4.22. The number of carbonyl (C=O) groups is 1. The van der Waals surface area contributed by atoms with Crippen molar-refractivity contribution in [3.05, 3.63) is 78.1 Å². The summed E-state index contributed by atoms with van der Waals surface area (Å²) in [5.74, 6) is 0.582. The predicted octanol–water partition coefficient (Wildman–Crippen LogP) is 3.66. The van der Waals surface area contributed by atoms with Gasteiger partial charge in [-0.3, -0.25) is 4.79 Å². The molecule has 4 heteroatoms. The zero-order valence-corrected chi connectivity index (χ0v) is 12.0. The fraction of sp³-hybridized carbons (Fsp3) is 0. The molecule has 0 unspecified atom stereocenters. The largest absolute Gasteiger partial charge is 0.289 e. The Kier molecular flexibility index (Phi) is 3.79. The third-order valence-corrected chi connectivity index (χ3v) is 3.38. The van der Waals surface area contributed by atoms with Crippen LogP contribution in [0.3, 0.4) is 0 Å². The average molecular weight is 292 g/mol. The highest BCUT2D eigenvalue weighted by atomic mass is 32.1. The van der Waals surface area contributed by atoms with E-state index in [-0.39, 0.29) is 5.78 Å². The summed E-state index contributed by atoms with van der Waals surface area (Å²) in [5, 5.41) is 0. The van der Waals surface area contributed by atoms with Crippen LogP contribution in [0.15, 0.2) is 71.9 Å². The minimum atomic E-state index is -0.0267. The first-order chi connectivity index (χ1) is 10.2. The molecule has 0 spiro atoms. The summed E-state index contributed by atoms with van der Waals surface area (Å²) in [6, 6.07) is 16.3. The summed E-state index contributed by atoms with van der Waals surface area (Å²) in [6.07, 6.45) is 3.37. The van der Waals surface area contributed by atoms with Crippen LogP contribution < -0.4 is 0 Å². The molecular weight excluding hydrogens is 280 g/mol. The number of ketones is 1. The normalized spacial score (nSPS) is 10.3. The summed E-state index contributed by atoms with van der Waals surface area (Å²) in [7, 11) is 0. The van der Waals surface area contributed by atoms with E-state index in [1.165, 1.54) is 0 Å². The Labute approximate surface area is 128 Å². The highest BCUT2D eigenvalue weighted by Gasteiger charge is 2.10. The Morgan fingerprint density at radius 2 is 1.57 bits per heavy atom. The minimum Gasteiger partial charge on any atom is -0.289 e. The number of nitrogens with zero attached hydrogens (tertiary/aromatic N) is 2. The van der Waals surface area contributed by atoms with Gasteiger partial charge in [-0.05, 0) is 36.4 Å². The fourth-order valence-electron chi connectivity index (χ4n) is 2.03. The lowest BCUT2D eigenvalue weighted by Crippen LogP contribution is -2.01. The summed E-state index contributed by atoms with van der Waals surface area (Å²) in [6.45, 7) is 0. The quantitative estimate of drug-likeness (QED) is 0.591. The number of aromatic nitrogens is 2. The lowest BCUT2D eigenvalue weighted by molar-refractivity contribution is 0.103. The van der Waals surface area contributed by atoms with Crippen LogP contribution in [0.1, 0.15) is 15.9 Å². The second kappa shape index (κ2) is 5.89. The zero-order chi connectivity index (χ0) is 14.7. The third-order valence-electron chi connectivity index (χ3n) is 3.08. The lowest BCUT2D eigenvalue weighted by atomic mass is 10.0. The fourth-order valence-corrected chi connectivity index (χ4v) is 2.18. The van der Waals surface area contributed by atoms with Crippen LogP contribution >= 0.6 is 12.6 Å². The molecule has 0 atom stereocenters. The van der Waals surface area contributed by atoms with Gasteiger partial charge in [0.1, 0.15) is 0 Å². The van der Waals surface area contributed by atoms with Crippen molar-refractivity contribution in [1.29, 1.82) is 0 Å². The maximum absolute atomic E-state index is 12.5. The molecule has 0 aliphatic carbocycles. The van der Waals surface area contributed by atoms with E-state index < -0.39 is 0 Å². The second-order valence-corrected chi connectivity index (χ2v) is 5.05. The van der Waals surface area contributed by atoms with Crippen molar-refractivity contribution < 1.29 is 4.79 Å². The van der Waals surface area contributed by atoms with Gasteiger partial charge in [0.15, 0.2) is 11.6 Å². The van der Waals surface area contributed by atoms with E-state index in [2.05, 4.69) is 22.6 Å².